The summed E-state index contributed by atoms with van der Waals surface area (Å²) < 4.78 is 0. The first-order valence-corrected chi connectivity index (χ1v) is 2.97. The van der Waals surface area contributed by atoms with Gasteiger partial charge in [0, 0.05) is 5.38 Å². The van der Waals surface area contributed by atoms with Crippen molar-refractivity contribution >= 4 is 18.1 Å². The molecule has 0 unspecified atom stereocenters. The summed E-state index contributed by atoms with van der Waals surface area (Å²) in [5.74, 6) is 0. The van der Waals surface area contributed by atoms with E-state index in [0.29, 0.717) is 5.38 Å². The van der Waals surface area contributed by atoms with Crippen LogP contribution in [0.25, 0.3) is 0 Å². The summed E-state index contributed by atoms with van der Waals surface area (Å²) in [6, 6.07) is 0. The van der Waals surface area contributed by atoms with Crippen molar-refractivity contribution in [2.45, 2.75) is 24.6 Å². The molecule has 0 aromatic carbocycles. The minimum atomic E-state index is -0.250. The monoisotopic (exact) mass is 136 g/mol. The molecule has 1 N–H and O–H groups in total. The molecule has 1 aliphatic carbocycles. The average molecular weight is 137 g/mol. The number of hydrogen-bond acceptors (Lipinski definition) is 1. The van der Waals surface area contributed by atoms with Crippen LogP contribution in [0.4, 0.5) is 0 Å². The van der Waals surface area contributed by atoms with Crippen molar-refractivity contribution in [2.75, 3.05) is 0 Å². The fourth-order valence-corrected chi connectivity index (χ4v) is 0.667. The summed E-state index contributed by atoms with van der Waals surface area (Å²) >= 11 is 5.55. The van der Waals surface area contributed by atoms with Crippen LogP contribution in [0.15, 0.2) is 0 Å². The zero-order valence-corrected chi connectivity index (χ0v) is 5.27. The van der Waals surface area contributed by atoms with E-state index < -0.39 is 0 Å². The van der Waals surface area contributed by atoms with Gasteiger partial charge in [-0.15, -0.1) is 11.6 Å². The summed E-state index contributed by atoms with van der Waals surface area (Å²) in [4.78, 5) is 8.36. The van der Waals surface area contributed by atoms with Crippen LogP contribution in [0.2, 0.25) is 0 Å². The molecule has 1 fully saturated rings. The van der Waals surface area contributed by atoms with E-state index in [1.807, 2.05) is 0 Å². The lowest BCUT2D eigenvalue weighted by molar-refractivity contribution is -0.122. The smallest absolute Gasteiger partial charge is 0.290 e. The Kier molecular flexibility index (Phi) is 4.76. The Morgan fingerprint density at radius 2 is 1.88 bits per heavy atom. The van der Waals surface area contributed by atoms with Gasteiger partial charge in [-0.3, -0.25) is 4.79 Å². The molecular formula is C5H9ClO2. The van der Waals surface area contributed by atoms with Crippen LogP contribution in [0, 0.1) is 0 Å². The van der Waals surface area contributed by atoms with Crippen molar-refractivity contribution in [3.05, 3.63) is 0 Å². The van der Waals surface area contributed by atoms with Gasteiger partial charge in [0.1, 0.15) is 0 Å². The largest absolute Gasteiger partial charge is 0.483 e. The first-order valence-electron chi connectivity index (χ1n) is 2.53. The zero-order chi connectivity index (χ0) is 6.41. The number of carboxylic acid groups (broad SMARTS) is 1. The van der Waals surface area contributed by atoms with E-state index in [4.69, 9.17) is 21.5 Å². The molecule has 3 heteroatoms. The van der Waals surface area contributed by atoms with Crippen LogP contribution >= 0.6 is 11.6 Å². The van der Waals surface area contributed by atoms with Crippen molar-refractivity contribution in [1.29, 1.82) is 0 Å². The molecule has 0 bridgehead atoms. The van der Waals surface area contributed by atoms with Crippen molar-refractivity contribution in [3.63, 3.8) is 0 Å². The van der Waals surface area contributed by atoms with Gasteiger partial charge in [-0.2, -0.15) is 0 Å². The van der Waals surface area contributed by atoms with Gasteiger partial charge in [-0.1, -0.05) is 6.42 Å². The molecule has 0 amide bonds. The summed E-state index contributed by atoms with van der Waals surface area (Å²) in [5, 5.41) is 7.43. The molecule has 0 heterocycles. The van der Waals surface area contributed by atoms with Crippen LogP contribution in [0.1, 0.15) is 19.3 Å². The van der Waals surface area contributed by atoms with E-state index in [2.05, 4.69) is 0 Å². The molecule has 1 saturated carbocycles. The zero-order valence-electron chi connectivity index (χ0n) is 4.51. The Hall–Kier alpha value is -0.240. The quantitative estimate of drug-likeness (QED) is 0.405. The number of carbonyl (C=O) groups is 1. The van der Waals surface area contributed by atoms with Crippen LogP contribution in [0.3, 0.4) is 0 Å². The molecule has 0 aliphatic heterocycles. The van der Waals surface area contributed by atoms with Crippen LogP contribution in [0.5, 0.6) is 0 Å². The van der Waals surface area contributed by atoms with E-state index in [0.717, 1.165) is 0 Å². The maximum Gasteiger partial charge on any atom is 0.290 e. The van der Waals surface area contributed by atoms with Crippen molar-refractivity contribution in [3.8, 4) is 0 Å². The van der Waals surface area contributed by atoms with E-state index in [9.17, 15) is 0 Å². The van der Waals surface area contributed by atoms with Gasteiger partial charge in [0.15, 0.2) is 0 Å². The molecule has 0 aromatic rings. The molecule has 1 aliphatic rings. The minimum absolute atomic E-state index is 0.250. The van der Waals surface area contributed by atoms with Crippen molar-refractivity contribution < 1.29 is 9.90 Å². The number of rotatable bonds is 0. The summed E-state index contributed by atoms with van der Waals surface area (Å²) in [5.41, 5.74) is 0. The first-order chi connectivity index (χ1) is 3.81. The maximum atomic E-state index is 8.36. The summed E-state index contributed by atoms with van der Waals surface area (Å²) in [7, 11) is 0. The van der Waals surface area contributed by atoms with Crippen LogP contribution in [-0.4, -0.2) is 17.0 Å². The lowest BCUT2D eigenvalue weighted by Gasteiger charge is -2.16. The maximum absolute atomic E-state index is 8.36. The fraction of sp³-hybridized carbons (Fsp3) is 0.800. The second kappa shape index (κ2) is 4.91. The van der Waals surface area contributed by atoms with Gasteiger partial charge in [0.25, 0.3) is 6.47 Å². The molecule has 8 heavy (non-hydrogen) atoms. The number of halogens is 1. The van der Waals surface area contributed by atoms with Gasteiger partial charge in [0.2, 0.25) is 0 Å². The van der Waals surface area contributed by atoms with Crippen LogP contribution in [-0.2, 0) is 4.79 Å². The molecule has 0 radical (unpaired) electrons. The third-order valence-electron chi connectivity index (χ3n) is 1.03. The molecule has 1 rings (SSSR count). The Bertz CT molecular complexity index is 61.4. The Morgan fingerprint density at radius 3 is 1.88 bits per heavy atom. The normalized spacial score (nSPS) is 17.6. The number of hydrogen-bond donors (Lipinski definition) is 1. The third-order valence-corrected chi connectivity index (χ3v) is 1.47. The van der Waals surface area contributed by atoms with E-state index in [1.165, 1.54) is 19.3 Å². The predicted molar refractivity (Wildman–Crippen MR) is 32.2 cm³/mol. The highest BCUT2D eigenvalue weighted by atomic mass is 35.5. The van der Waals surface area contributed by atoms with Crippen molar-refractivity contribution in [1.82, 2.24) is 0 Å². The van der Waals surface area contributed by atoms with Gasteiger partial charge in [-0.25, -0.2) is 0 Å². The average Bonchev–Trinajstić information content (AvgIpc) is 1.64. The molecule has 48 valence electrons. The van der Waals surface area contributed by atoms with E-state index >= 15 is 0 Å². The topological polar surface area (TPSA) is 37.3 Å². The second-order valence-corrected chi connectivity index (χ2v) is 2.25. The lowest BCUT2D eigenvalue weighted by Crippen LogP contribution is -2.08. The Morgan fingerprint density at radius 1 is 1.62 bits per heavy atom. The fourth-order valence-electron chi connectivity index (χ4n) is 0.358. The van der Waals surface area contributed by atoms with E-state index in [-0.39, 0.29) is 6.47 Å². The predicted octanol–water partition coefficient (Wildman–Crippen LogP) is 1.48. The molecule has 0 atom stereocenters. The molecule has 0 saturated heterocycles. The number of alkyl halides is 1. The SMILES string of the molecule is ClC1CCC1.O=CO. The minimum Gasteiger partial charge on any atom is -0.483 e. The molecule has 0 spiro atoms. The van der Waals surface area contributed by atoms with Gasteiger partial charge >= 0.3 is 0 Å². The summed E-state index contributed by atoms with van der Waals surface area (Å²) in [6.45, 7) is -0.250. The molecular weight excluding hydrogens is 128 g/mol. The van der Waals surface area contributed by atoms with Crippen LogP contribution < -0.4 is 0 Å². The van der Waals surface area contributed by atoms with Gasteiger partial charge in [0.05, 0.1) is 0 Å². The highest BCUT2D eigenvalue weighted by Crippen LogP contribution is 2.23. The molecule has 2 nitrogen and oxygen atoms in total. The highest BCUT2D eigenvalue weighted by molar-refractivity contribution is 6.21. The standard InChI is InChI=1S/C4H7Cl.CH2O2/c5-4-2-1-3-4;2-1-3/h4H,1-3H2;1H,(H,2,3). The van der Waals surface area contributed by atoms with Gasteiger partial charge < -0.3 is 5.11 Å². The third kappa shape index (κ3) is 3.93. The molecule has 0 aromatic heterocycles. The Balaban J connectivity index is 0.000000145. The van der Waals surface area contributed by atoms with Crippen molar-refractivity contribution in [2.24, 2.45) is 0 Å². The van der Waals surface area contributed by atoms with E-state index in [1.54, 1.807) is 0 Å². The Labute approximate surface area is 53.5 Å². The summed E-state index contributed by atoms with van der Waals surface area (Å²) in [6.07, 6.45) is 3.86. The lowest BCUT2D eigenvalue weighted by atomic mass is 10.0. The second-order valence-electron chi connectivity index (χ2n) is 1.63. The van der Waals surface area contributed by atoms with Gasteiger partial charge in [-0.05, 0) is 12.8 Å². The highest BCUT2D eigenvalue weighted by Gasteiger charge is 2.11. The first kappa shape index (κ1) is 7.76.